The normalized spacial score (nSPS) is 10.8. The molecule has 0 aliphatic carbocycles. The first-order valence-electron chi connectivity index (χ1n) is 6.12. The molecule has 0 aliphatic heterocycles. The smallest absolute Gasteiger partial charge is 0.191 e. The van der Waals surface area contributed by atoms with E-state index in [9.17, 15) is 0 Å². The number of hydrogen-bond donors (Lipinski definition) is 2. The van der Waals surface area contributed by atoms with Crippen molar-refractivity contribution >= 4 is 29.9 Å². The van der Waals surface area contributed by atoms with Gasteiger partial charge in [-0.05, 0) is 12.1 Å². The fraction of sp³-hybridized carbons (Fsp3) is 0.308. The second-order valence-electron chi connectivity index (χ2n) is 3.91. The van der Waals surface area contributed by atoms with Gasteiger partial charge in [-0.1, -0.05) is 11.2 Å². The van der Waals surface area contributed by atoms with E-state index in [4.69, 9.17) is 4.52 Å². The third kappa shape index (κ3) is 5.55. The molecule has 108 valence electrons. The zero-order valence-electron chi connectivity index (χ0n) is 11.2. The molecule has 0 unspecified atom stereocenters. The van der Waals surface area contributed by atoms with Crippen molar-refractivity contribution in [3.8, 4) is 0 Å². The van der Waals surface area contributed by atoms with E-state index >= 15 is 0 Å². The third-order valence-electron chi connectivity index (χ3n) is 2.55. The third-order valence-corrected chi connectivity index (χ3v) is 2.55. The minimum atomic E-state index is 0. The molecular weight excluding hydrogens is 369 g/mol. The van der Waals surface area contributed by atoms with E-state index in [0.29, 0.717) is 6.54 Å². The van der Waals surface area contributed by atoms with Crippen molar-refractivity contribution in [2.75, 3.05) is 13.6 Å². The summed E-state index contributed by atoms with van der Waals surface area (Å²) in [5.74, 6) is 0.735. The number of nitrogens with one attached hydrogen (secondary N) is 2. The van der Waals surface area contributed by atoms with E-state index in [1.807, 2.05) is 24.3 Å². The summed E-state index contributed by atoms with van der Waals surface area (Å²) in [6.45, 7) is 1.36. The van der Waals surface area contributed by atoms with Gasteiger partial charge in [0.2, 0.25) is 0 Å². The van der Waals surface area contributed by atoms with Gasteiger partial charge in [0.05, 0.1) is 6.54 Å². The Labute approximate surface area is 135 Å². The van der Waals surface area contributed by atoms with E-state index < -0.39 is 0 Å². The van der Waals surface area contributed by atoms with Crippen LogP contribution in [0.2, 0.25) is 0 Å². The summed E-state index contributed by atoms with van der Waals surface area (Å²) in [5, 5.41) is 10.2. The molecule has 0 atom stereocenters. The molecule has 0 bridgehead atoms. The average Bonchev–Trinajstić information content (AvgIpc) is 2.97. The molecule has 2 rings (SSSR count). The Kier molecular flexibility index (Phi) is 7.63. The van der Waals surface area contributed by atoms with E-state index in [-0.39, 0.29) is 24.0 Å². The average molecular weight is 387 g/mol. The molecule has 0 saturated heterocycles. The van der Waals surface area contributed by atoms with E-state index in [1.165, 1.54) is 0 Å². The number of aromatic nitrogens is 2. The number of hydrogen-bond acceptors (Lipinski definition) is 4. The van der Waals surface area contributed by atoms with Gasteiger partial charge in [-0.2, -0.15) is 0 Å². The quantitative estimate of drug-likeness (QED) is 0.463. The monoisotopic (exact) mass is 387 g/mol. The second kappa shape index (κ2) is 9.29. The van der Waals surface area contributed by atoms with Gasteiger partial charge in [-0.15, -0.1) is 24.0 Å². The summed E-state index contributed by atoms with van der Waals surface area (Å²) in [6, 6.07) is 7.72. The fourth-order valence-electron chi connectivity index (χ4n) is 1.58. The maximum absolute atomic E-state index is 4.76. The van der Waals surface area contributed by atoms with Crippen molar-refractivity contribution < 1.29 is 4.52 Å². The molecule has 0 radical (unpaired) electrons. The van der Waals surface area contributed by atoms with Crippen LogP contribution in [0.5, 0.6) is 0 Å². The lowest BCUT2D eigenvalue weighted by Crippen LogP contribution is -2.38. The van der Waals surface area contributed by atoms with Gasteiger partial charge in [0, 0.05) is 38.0 Å². The zero-order chi connectivity index (χ0) is 13.3. The van der Waals surface area contributed by atoms with Crippen LogP contribution in [0.4, 0.5) is 0 Å². The molecule has 20 heavy (non-hydrogen) atoms. The van der Waals surface area contributed by atoms with Gasteiger partial charge in [0.15, 0.2) is 5.96 Å². The lowest BCUT2D eigenvalue weighted by atomic mass is 10.3. The Balaban J connectivity index is 0.00000200. The van der Waals surface area contributed by atoms with Crippen molar-refractivity contribution in [2.24, 2.45) is 4.99 Å². The van der Waals surface area contributed by atoms with E-state index in [1.54, 1.807) is 19.5 Å². The number of halogens is 1. The SMILES string of the molecule is CN=C(NCCc1ccccn1)NCc1ccon1.I. The summed E-state index contributed by atoms with van der Waals surface area (Å²) in [7, 11) is 1.74. The molecule has 0 aromatic carbocycles. The van der Waals surface area contributed by atoms with Crippen LogP contribution in [-0.2, 0) is 13.0 Å². The first kappa shape index (κ1) is 16.4. The fourth-order valence-corrected chi connectivity index (χ4v) is 1.58. The standard InChI is InChI=1S/C13H17N5O.HI/c1-14-13(17-10-12-6-9-19-18-12)16-8-5-11-4-2-3-7-15-11;/h2-4,6-7,9H,5,8,10H2,1H3,(H2,14,16,17);1H. The highest BCUT2D eigenvalue weighted by Crippen LogP contribution is 1.94. The summed E-state index contributed by atoms with van der Waals surface area (Å²) < 4.78 is 4.76. The van der Waals surface area contributed by atoms with Gasteiger partial charge in [0.25, 0.3) is 0 Å². The van der Waals surface area contributed by atoms with Crippen LogP contribution in [0.3, 0.4) is 0 Å². The van der Waals surface area contributed by atoms with Gasteiger partial charge in [-0.25, -0.2) is 0 Å². The Morgan fingerprint density at radius 3 is 2.80 bits per heavy atom. The first-order valence-corrected chi connectivity index (χ1v) is 6.12. The predicted octanol–water partition coefficient (Wildman–Crippen LogP) is 1.60. The topological polar surface area (TPSA) is 75.3 Å². The van der Waals surface area contributed by atoms with Crippen molar-refractivity contribution in [3.63, 3.8) is 0 Å². The molecule has 7 heteroatoms. The van der Waals surface area contributed by atoms with Crippen molar-refractivity contribution in [1.29, 1.82) is 0 Å². The highest BCUT2D eigenvalue weighted by molar-refractivity contribution is 14.0. The van der Waals surface area contributed by atoms with Gasteiger partial charge < -0.3 is 15.2 Å². The maximum atomic E-state index is 4.76. The summed E-state index contributed by atoms with van der Waals surface area (Å²) in [6.07, 6.45) is 4.20. The largest absolute Gasteiger partial charge is 0.364 e. The minimum absolute atomic E-state index is 0. The Hall–Kier alpha value is -1.64. The van der Waals surface area contributed by atoms with Crippen LogP contribution in [-0.4, -0.2) is 29.7 Å². The van der Waals surface area contributed by atoms with Crippen molar-refractivity contribution in [3.05, 3.63) is 48.1 Å². The molecule has 0 fully saturated rings. The van der Waals surface area contributed by atoms with E-state index in [2.05, 4.69) is 25.8 Å². The molecule has 0 saturated carbocycles. The number of rotatable bonds is 5. The zero-order valence-corrected chi connectivity index (χ0v) is 13.6. The Bertz CT molecular complexity index is 501. The summed E-state index contributed by atoms with van der Waals surface area (Å²) >= 11 is 0. The molecule has 2 aromatic heterocycles. The van der Waals surface area contributed by atoms with Gasteiger partial charge >= 0.3 is 0 Å². The Morgan fingerprint density at radius 1 is 1.25 bits per heavy atom. The van der Waals surface area contributed by atoms with Crippen LogP contribution in [0.1, 0.15) is 11.4 Å². The maximum Gasteiger partial charge on any atom is 0.191 e. The molecule has 2 N–H and O–H groups in total. The molecular formula is C13H18IN5O. The molecule has 2 aromatic rings. The number of nitrogens with zero attached hydrogens (tertiary/aromatic N) is 3. The summed E-state index contributed by atoms with van der Waals surface area (Å²) in [4.78, 5) is 8.40. The van der Waals surface area contributed by atoms with Crippen LogP contribution >= 0.6 is 24.0 Å². The molecule has 0 aliphatic rings. The first-order chi connectivity index (χ1) is 9.38. The molecule has 2 heterocycles. The molecule has 0 amide bonds. The number of aliphatic imine (C=N–C) groups is 1. The second-order valence-corrected chi connectivity index (χ2v) is 3.91. The van der Waals surface area contributed by atoms with Gasteiger partial charge in [-0.3, -0.25) is 9.98 Å². The predicted molar refractivity (Wildman–Crippen MR) is 88.1 cm³/mol. The van der Waals surface area contributed by atoms with Crippen LogP contribution in [0, 0.1) is 0 Å². The van der Waals surface area contributed by atoms with Crippen LogP contribution in [0.25, 0.3) is 0 Å². The Morgan fingerprint density at radius 2 is 2.15 bits per heavy atom. The lowest BCUT2D eigenvalue weighted by molar-refractivity contribution is 0.410. The van der Waals surface area contributed by atoms with Crippen molar-refractivity contribution in [2.45, 2.75) is 13.0 Å². The van der Waals surface area contributed by atoms with Crippen LogP contribution < -0.4 is 10.6 Å². The van der Waals surface area contributed by atoms with Gasteiger partial charge in [0.1, 0.15) is 12.0 Å². The highest BCUT2D eigenvalue weighted by Gasteiger charge is 2.00. The number of guanidine groups is 1. The highest BCUT2D eigenvalue weighted by atomic mass is 127. The van der Waals surface area contributed by atoms with Crippen LogP contribution in [0.15, 0.2) is 46.2 Å². The van der Waals surface area contributed by atoms with Crippen molar-refractivity contribution in [1.82, 2.24) is 20.8 Å². The summed E-state index contributed by atoms with van der Waals surface area (Å²) in [5.41, 5.74) is 1.90. The molecule has 0 spiro atoms. The number of pyridine rings is 1. The minimum Gasteiger partial charge on any atom is -0.364 e. The lowest BCUT2D eigenvalue weighted by Gasteiger charge is -2.10. The van der Waals surface area contributed by atoms with E-state index in [0.717, 1.165) is 30.3 Å². The molecule has 6 nitrogen and oxygen atoms in total.